The number of hydrogen-bond acceptors (Lipinski definition) is 5. The van der Waals surface area contributed by atoms with Crippen LogP contribution in [0.2, 0.25) is 0 Å². The van der Waals surface area contributed by atoms with Crippen molar-refractivity contribution in [2.75, 3.05) is 7.11 Å². The van der Waals surface area contributed by atoms with Gasteiger partial charge in [-0.05, 0) is 17.7 Å². The standard InChI is InChI=1S/C17H14N4O2/c1-23-10-12-15(11-6-3-2-4-7-11)17-19-18-16-13(21(17)20-12)8-5-9-14(16)22/h2-9,22H,10H2,1H3. The Kier molecular flexibility index (Phi) is 3.17. The zero-order valence-corrected chi connectivity index (χ0v) is 12.5. The van der Waals surface area contributed by atoms with E-state index < -0.39 is 0 Å². The molecule has 114 valence electrons. The van der Waals surface area contributed by atoms with E-state index in [4.69, 9.17) is 4.74 Å². The van der Waals surface area contributed by atoms with Crippen LogP contribution in [-0.4, -0.2) is 32.0 Å². The lowest BCUT2D eigenvalue weighted by Gasteiger charge is -2.03. The predicted octanol–water partition coefficient (Wildman–Crippen LogP) is 2.80. The number of aromatic hydroxyl groups is 1. The van der Waals surface area contributed by atoms with E-state index in [1.54, 1.807) is 23.8 Å². The van der Waals surface area contributed by atoms with E-state index in [1.807, 2.05) is 36.4 Å². The van der Waals surface area contributed by atoms with Gasteiger partial charge in [-0.1, -0.05) is 36.4 Å². The van der Waals surface area contributed by atoms with Gasteiger partial charge in [-0.3, -0.25) is 0 Å². The number of hydrogen-bond donors (Lipinski definition) is 1. The normalized spacial score (nSPS) is 11.3. The van der Waals surface area contributed by atoms with Crippen LogP contribution in [0.4, 0.5) is 0 Å². The van der Waals surface area contributed by atoms with Gasteiger partial charge in [-0.15, -0.1) is 10.2 Å². The van der Waals surface area contributed by atoms with Crippen LogP contribution in [0.1, 0.15) is 5.69 Å². The van der Waals surface area contributed by atoms with Crippen molar-refractivity contribution >= 4 is 16.7 Å². The van der Waals surface area contributed by atoms with Crippen molar-refractivity contribution in [3.05, 3.63) is 54.2 Å². The van der Waals surface area contributed by atoms with Gasteiger partial charge in [0.2, 0.25) is 0 Å². The molecule has 23 heavy (non-hydrogen) atoms. The molecule has 0 unspecified atom stereocenters. The first-order chi connectivity index (χ1) is 11.3. The summed E-state index contributed by atoms with van der Waals surface area (Å²) < 4.78 is 6.99. The summed E-state index contributed by atoms with van der Waals surface area (Å²) in [4.78, 5) is 0. The third kappa shape index (κ3) is 2.11. The van der Waals surface area contributed by atoms with Crippen LogP contribution in [0.5, 0.6) is 5.75 Å². The molecule has 0 radical (unpaired) electrons. The van der Waals surface area contributed by atoms with Gasteiger partial charge in [0, 0.05) is 7.11 Å². The van der Waals surface area contributed by atoms with Crippen molar-refractivity contribution in [2.45, 2.75) is 6.61 Å². The first-order valence-electron chi connectivity index (χ1n) is 7.20. The lowest BCUT2D eigenvalue weighted by molar-refractivity contribution is 0.181. The zero-order chi connectivity index (χ0) is 15.8. The van der Waals surface area contributed by atoms with Gasteiger partial charge in [0.05, 0.1) is 23.4 Å². The summed E-state index contributed by atoms with van der Waals surface area (Å²) in [5, 5.41) is 23.0. The highest BCUT2D eigenvalue weighted by Gasteiger charge is 2.18. The topological polar surface area (TPSA) is 72.5 Å². The first kappa shape index (κ1) is 13.7. The molecular weight excluding hydrogens is 292 g/mol. The molecule has 2 heterocycles. The van der Waals surface area contributed by atoms with Crippen molar-refractivity contribution < 1.29 is 9.84 Å². The zero-order valence-electron chi connectivity index (χ0n) is 12.5. The number of benzene rings is 2. The number of ether oxygens (including phenoxy) is 1. The number of fused-ring (bicyclic) bond motifs is 3. The largest absolute Gasteiger partial charge is 0.506 e. The average molecular weight is 306 g/mol. The number of phenolic OH excluding ortho intramolecular Hbond substituents is 1. The van der Waals surface area contributed by atoms with Gasteiger partial charge in [0.1, 0.15) is 5.75 Å². The number of methoxy groups -OCH3 is 1. The summed E-state index contributed by atoms with van der Waals surface area (Å²) in [5.74, 6) is 0.0851. The molecule has 0 bridgehead atoms. The molecule has 0 saturated heterocycles. The summed E-state index contributed by atoms with van der Waals surface area (Å²) in [7, 11) is 1.63. The monoisotopic (exact) mass is 306 g/mol. The Hall–Kier alpha value is -2.99. The maximum atomic E-state index is 9.96. The number of rotatable bonds is 3. The molecule has 0 atom stereocenters. The summed E-state index contributed by atoms with van der Waals surface area (Å²) in [6, 6.07) is 15.1. The molecule has 2 aromatic heterocycles. The molecule has 0 fully saturated rings. The molecule has 1 N–H and O–H groups in total. The summed E-state index contributed by atoms with van der Waals surface area (Å²) in [6.45, 7) is 0.369. The number of nitrogens with zero attached hydrogens (tertiary/aromatic N) is 4. The van der Waals surface area contributed by atoms with Gasteiger partial charge >= 0.3 is 0 Å². The second-order valence-electron chi connectivity index (χ2n) is 5.20. The van der Waals surface area contributed by atoms with E-state index in [-0.39, 0.29) is 5.75 Å². The van der Waals surface area contributed by atoms with Crippen molar-refractivity contribution in [1.82, 2.24) is 19.8 Å². The Morgan fingerprint density at radius 3 is 2.65 bits per heavy atom. The smallest absolute Gasteiger partial charge is 0.186 e. The minimum Gasteiger partial charge on any atom is -0.506 e. The summed E-state index contributed by atoms with van der Waals surface area (Å²) >= 11 is 0. The van der Waals surface area contributed by atoms with Crippen LogP contribution in [-0.2, 0) is 11.3 Å². The maximum Gasteiger partial charge on any atom is 0.186 e. The molecular formula is C17H14N4O2. The average Bonchev–Trinajstić information content (AvgIpc) is 2.95. The molecule has 0 saturated carbocycles. The van der Waals surface area contributed by atoms with Gasteiger partial charge < -0.3 is 9.84 Å². The molecule has 0 aliphatic rings. The summed E-state index contributed by atoms with van der Waals surface area (Å²) in [5.41, 5.74) is 4.44. The highest BCUT2D eigenvalue weighted by atomic mass is 16.5. The SMILES string of the molecule is COCc1nn2c(nnc3c(O)cccc32)c1-c1ccccc1. The highest BCUT2D eigenvalue weighted by Crippen LogP contribution is 2.30. The van der Waals surface area contributed by atoms with Crippen molar-refractivity contribution in [3.8, 4) is 16.9 Å². The van der Waals surface area contributed by atoms with E-state index in [2.05, 4.69) is 15.3 Å². The highest BCUT2D eigenvalue weighted by molar-refractivity contribution is 5.87. The van der Waals surface area contributed by atoms with E-state index in [0.717, 1.165) is 16.8 Å². The molecule has 0 amide bonds. The van der Waals surface area contributed by atoms with E-state index in [9.17, 15) is 5.11 Å². The summed E-state index contributed by atoms with van der Waals surface area (Å²) in [6.07, 6.45) is 0. The molecule has 0 aliphatic carbocycles. The minimum absolute atomic E-state index is 0.0851. The van der Waals surface area contributed by atoms with E-state index in [0.29, 0.717) is 23.3 Å². The van der Waals surface area contributed by atoms with Gasteiger partial charge in [-0.25, -0.2) is 4.52 Å². The third-order valence-corrected chi connectivity index (χ3v) is 3.74. The number of phenols is 1. The van der Waals surface area contributed by atoms with Crippen LogP contribution in [0.3, 0.4) is 0 Å². The Morgan fingerprint density at radius 1 is 1.04 bits per heavy atom. The lowest BCUT2D eigenvalue weighted by Crippen LogP contribution is -1.97. The first-order valence-corrected chi connectivity index (χ1v) is 7.20. The Balaban J connectivity index is 2.10. The quantitative estimate of drug-likeness (QED) is 0.630. The fourth-order valence-electron chi connectivity index (χ4n) is 2.74. The van der Waals surface area contributed by atoms with Crippen LogP contribution >= 0.6 is 0 Å². The second kappa shape index (κ2) is 5.33. The Labute approximate surface area is 132 Å². The second-order valence-corrected chi connectivity index (χ2v) is 5.20. The van der Waals surface area contributed by atoms with Crippen LogP contribution in [0.25, 0.3) is 27.8 Å². The van der Waals surface area contributed by atoms with Crippen molar-refractivity contribution in [3.63, 3.8) is 0 Å². The maximum absolute atomic E-state index is 9.96. The van der Waals surface area contributed by atoms with E-state index in [1.165, 1.54) is 0 Å². The van der Waals surface area contributed by atoms with Crippen LogP contribution < -0.4 is 0 Å². The molecule has 6 nitrogen and oxygen atoms in total. The van der Waals surface area contributed by atoms with Gasteiger partial charge in [0.15, 0.2) is 11.2 Å². The fourth-order valence-corrected chi connectivity index (χ4v) is 2.74. The minimum atomic E-state index is 0.0851. The van der Waals surface area contributed by atoms with Crippen molar-refractivity contribution in [2.24, 2.45) is 0 Å². The molecule has 6 heteroatoms. The molecule has 4 aromatic rings. The lowest BCUT2D eigenvalue weighted by atomic mass is 10.1. The van der Waals surface area contributed by atoms with Crippen molar-refractivity contribution in [1.29, 1.82) is 0 Å². The molecule has 2 aromatic carbocycles. The third-order valence-electron chi connectivity index (χ3n) is 3.74. The van der Waals surface area contributed by atoms with Gasteiger partial charge in [-0.2, -0.15) is 5.10 Å². The van der Waals surface area contributed by atoms with Gasteiger partial charge in [0.25, 0.3) is 0 Å². The number of aromatic nitrogens is 4. The molecule has 4 rings (SSSR count). The predicted molar refractivity (Wildman–Crippen MR) is 86.1 cm³/mol. The van der Waals surface area contributed by atoms with E-state index >= 15 is 0 Å². The Morgan fingerprint density at radius 2 is 1.87 bits per heavy atom. The molecule has 0 spiro atoms. The Bertz CT molecular complexity index is 996. The molecule has 0 aliphatic heterocycles. The van der Waals surface area contributed by atoms with Crippen LogP contribution in [0.15, 0.2) is 48.5 Å². The fraction of sp³-hybridized carbons (Fsp3) is 0.118. The van der Waals surface area contributed by atoms with Crippen LogP contribution in [0, 0.1) is 0 Å².